The number of carbonyl (C=O) groups is 1. The van der Waals surface area contributed by atoms with Crippen LogP contribution in [0.2, 0.25) is 0 Å². The van der Waals surface area contributed by atoms with Crippen molar-refractivity contribution in [3.8, 4) is 0 Å². The molecule has 5 heteroatoms. The fourth-order valence-electron chi connectivity index (χ4n) is 1.17. The Kier molecular flexibility index (Phi) is 3.38. The minimum atomic E-state index is -0.911. The Morgan fingerprint density at radius 2 is 2.45 bits per heavy atom. The standard InChI is InChI=1S/C6H13NO3Si/c8-6(9)7-11-5-3-1-2-4-10-5/h5,7H,1-4,11H2,(H,8,9). The number of amides is 1. The highest BCUT2D eigenvalue weighted by Crippen LogP contribution is 2.10. The van der Waals surface area contributed by atoms with Crippen molar-refractivity contribution >= 4 is 15.8 Å². The van der Waals surface area contributed by atoms with Gasteiger partial charge in [-0.2, -0.15) is 0 Å². The lowest BCUT2D eigenvalue weighted by molar-refractivity contribution is 0.0641. The van der Waals surface area contributed by atoms with Gasteiger partial charge >= 0.3 is 6.09 Å². The minimum Gasteiger partial charge on any atom is -0.466 e. The molecule has 0 aromatic carbocycles. The minimum absolute atomic E-state index is 0.236. The molecule has 0 saturated carbocycles. The lowest BCUT2D eigenvalue weighted by atomic mass is 10.2. The molecule has 1 saturated heterocycles. The van der Waals surface area contributed by atoms with E-state index in [0.29, 0.717) is 0 Å². The lowest BCUT2D eigenvalue weighted by Crippen LogP contribution is -2.38. The predicted octanol–water partition coefficient (Wildman–Crippen LogP) is -0.136. The topological polar surface area (TPSA) is 58.6 Å². The molecule has 0 radical (unpaired) electrons. The van der Waals surface area contributed by atoms with Gasteiger partial charge in [0.1, 0.15) is 0 Å². The summed E-state index contributed by atoms with van der Waals surface area (Å²) in [5.74, 6) is 0. The van der Waals surface area contributed by atoms with Crippen LogP contribution in [0.15, 0.2) is 0 Å². The molecule has 0 aliphatic carbocycles. The average Bonchev–Trinajstić information content (AvgIpc) is 2.03. The first-order valence-electron chi connectivity index (χ1n) is 3.87. The number of hydrogen-bond acceptors (Lipinski definition) is 2. The SMILES string of the molecule is O=C(O)N[SiH2]C1CCCCO1. The summed E-state index contributed by atoms with van der Waals surface area (Å²) in [5, 5.41) is 8.31. The van der Waals surface area contributed by atoms with Crippen LogP contribution in [0.1, 0.15) is 19.3 Å². The highest BCUT2D eigenvalue weighted by Gasteiger charge is 2.14. The van der Waals surface area contributed by atoms with Crippen LogP contribution in [-0.4, -0.2) is 33.2 Å². The average molecular weight is 175 g/mol. The van der Waals surface area contributed by atoms with E-state index in [-0.39, 0.29) is 5.73 Å². The van der Waals surface area contributed by atoms with Crippen LogP contribution in [0.25, 0.3) is 0 Å². The first-order valence-corrected chi connectivity index (χ1v) is 5.40. The van der Waals surface area contributed by atoms with Gasteiger partial charge in [0.25, 0.3) is 0 Å². The summed E-state index contributed by atoms with van der Waals surface area (Å²) >= 11 is 0. The first-order chi connectivity index (χ1) is 5.29. The van der Waals surface area contributed by atoms with Crippen LogP contribution in [0, 0.1) is 0 Å². The summed E-state index contributed by atoms with van der Waals surface area (Å²) in [5.41, 5.74) is 0.236. The lowest BCUT2D eigenvalue weighted by Gasteiger charge is -2.21. The maximum Gasteiger partial charge on any atom is 0.396 e. The molecule has 0 bridgehead atoms. The van der Waals surface area contributed by atoms with Crippen LogP contribution in [0.5, 0.6) is 0 Å². The van der Waals surface area contributed by atoms with Gasteiger partial charge in [-0.25, -0.2) is 4.79 Å². The van der Waals surface area contributed by atoms with Crippen LogP contribution in [0.4, 0.5) is 4.79 Å². The maximum atomic E-state index is 10.1. The molecule has 1 atom stereocenters. The quantitative estimate of drug-likeness (QED) is 0.574. The van der Waals surface area contributed by atoms with Crippen molar-refractivity contribution in [3.63, 3.8) is 0 Å². The first kappa shape index (κ1) is 8.54. The zero-order valence-electron chi connectivity index (χ0n) is 6.38. The van der Waals surface area contributed by atoms with E-state index < -0.39 is 15.8 Å². The summed E-state index contributed by atoms with van der Waals surface area (Å²) in [6.45, 7) is 0.805. The normalized spacial score (nSPS) is 25.6. The van der Waals surface area contributed by atoms with Crippen molar-refractivity contribution in [3.05, 3.63) is 0 Å². The second-order valence-electron chi connectivity index (χ2n) is 2.67. The second kappa shape index (κ2) is 4.35. The van der Waals surface area contributed by atoms with Gasteiger partial charge in [0.2, 0.25) is 0 Å². The Bertz CT molecular complexity index is 136. The molecule has 1 amide bonds. The van der Waals surface area contributed by atoms with E-state index in [9.17, 15) is 4.79 Å². The van der Waals surface area contributed by atoms with Crippen molar-refractivity contribution in [2.45, 2.75) is 25.0 Å². The van der Waals surface area contributed by atoms with E-state index in [4.69, 9.17) is 9.84 Å². The van der Waals surface area contributed by atoms with Gasteiger partial charge in [0, 0.05) is 6.61 Å². The van der Waals surface area contributed by atoms with Gasteiger partial charge in [0.15, 0.2) is 9.68 Å². The molecule has 0 spiro atoms. The number of hydrogen-bond donors (Lipinski definition) is 2. The zero-order chi connectivity index (χ0) is 8.10. The van der Waals surface area contributed by atoms with Crippen molar-refractivity contribution < 1.29 is 14.6 Å². The molecule has 11 heavy (non-hydrogen) atoms. The Labute approximate surface area is 67.8 Å². The van der Waals surface area contributed by atoms with Crippen molar-refractivity contribution in [2.75, 3.05) is 6.61 Å². The molecule has 64 valence electrons. The van der Waals surface area contributed by atoms with Gasteiger partial charge < -0.3 is 14.8 Å². The van der Waals surface area contributed by atoms with E-state index in [1.54, 1.807) is 0 Å². The highest BCUT2D eigenvalue weighted by atomic mass is 28.2. The third kappa shape index (κ3) is 3.38. The smallest absolute Gasteiger partial charge is 0.396 e. The molecule has 1 unspecified atom stereocenters. The molecule has 2 N–H and O–H groups in total. The number of rotatable bonds is 2. The van der Waals surface area contributed by atoms with Gasteiger partial charge in [-0.1, -0.05) is 0 Å². The van der Waals surface area contributed by atoms with Gasteiger partial charge in [-0.3, -0.25) is 0 Å². The molecular formula is C6H13NO3Si. The fourth-order valence-corrected chi connectivity index (χ4v) is 2.35. The van der Waals surface area contributed by atoms with Crippen molar-refractivity contribution in [2.24, 2.45) is 0 Å². The monoisotopic (exact) mass is 175 g/mol. The Hall–Kier alpha value is -0.553. The maximum absolute atomic E-state index is 10.1. The Morgan fingerprint density at radius 1 is 1.64 bits per heavy atom. The van der Waals surface area contributed by atoms with Crippen molar-refractivity contribution in [1.82, 2.24) is 4.98 Å². The molecule has 1 aliphatic rings. The van der Waals surface area contributed by atoms with Crippen LogP contribution in [0.3, 0.4) is 0 Å². The molecule has 1 fully saturated rings. The molecule has 1 rings (SSSR count). The molecule has 0 aromatic heterocycles. The van der Waals surface area contributed by atoms with Crippen LogP contribution < -0.4 is 4.98 Å². The molecule has 0 aromatic rings. The third-order valence-corrected chi connectivity index (χ3v) is 3.36. The Morgan fingerprint density at radius 3 is 3.00 bits per heavy atom. The fraction of sp³-hybridized carbons (Fsp3) is 0.833. The summed E-state index contributed by atoms with van der Waals surface area (Å²) in [6, 6.07) is 0. The van der Waals surface area contributed by atoms with E-state index in [0.717, 1.165) is 19.4 Å². The second-order valence-corrected chi connectivity index (χ2v) is 4.35. The molecule has 1 aliphatic heterocycles. The van der Waals surface area contributed by atoms with Gasteiger partial charge in [-0.05, 0) is 19.3 Å². The number of carboxylic acid groups (broad SMARTS) is 1. The summed E-state index contributed by atoms with van der Waals surface area (Å²) < 4.78 is 5.36. The van der Waals surface area contributed by atoms with Gasteiger partial charge in [0.05, 0.1) is 5.73 Å². The van der Waals surface area contributed by atoms with Gasteiger partial charge in [-0.15, -0.1) is 0 Å². The Balaban J connectivity index is 2.09. The zero-order valence-corrected chi connectivity index (χ0v) is 7.79. The molecular weight excluding hydrogens is 162 g/mol. The molecule has 4 nitrogen and oxygen atoms in total. The van der Waals surface area contributed by atoms with E-state index in [2.05, 4.69) is 4.98 Å². The summed E-state index contributed by atoms with van der Waals surface area (Å²) in [4.78, 5) is 12.6. The largest absolute Gasteiger partial charge is 0.466 e. The van der Waals surface area contributed by atoms with E-state index >= 15 is 0 Å². The third-order valence-electron chi connectivity index (χ3n) is 1.75. The van der Waals surface area contributed by atoms with E-state index in [1.807, 2.05) is 0 Å². The summed E-state index contributed by atoms with van der Waals surface area (Å²) in [6.07, 6.45) is 2.43. The van der Waals surface area contributed by atoms with Crippen molar-refractivity contribution in [1.29, 1.82) is 0 Å². The van der Waals surface area contributed by atoms with E-state index in [1.165, 1.54) is 6.42 Å². The summed E-state index contributed by atoms with van der Waals surface area (Å²) in [7, 11) is -0.754. The molecule has 1 heterocycles. The predicted molar refractivity (Wildman–Crippen MR) is 43.3 cm³/mol. The highest BCUT2D eigenvalue weighted by molar-refractivity contribution is 6.38. The number of nitrogens with one attached hydrogen (secondary N) is 1. The number of ether oxygens (including phenoxy) is 1. The van der Waals surface area contributed by atoms with Crippen LogP contribution >= 0.6 is 0 Å². The van der Waals surface area contributed by atoms with Crippen LogP contribution in [-0.2, 0) is 4.74 Å².